The van der Waals surface area contributed by atoms with Crippen molar-refractivity contribution in [1.29, 1.82) is 0 Å². The minimum Gasteiger partial charge on any atom is -0.506 e. The van der Waals surface area contributed by atoms with Crippen molar-refractivity contribution >= 4 is 11.8 Å². The van der Waals surface area contributed by atoms with Crippen molar-refractivity contribution in [3.63, 3.8) is 0 Å². The lowest BCUT2D eigenvalue weighted by Gasteiger charge is -2.15. The molecule has 1 amide bonds. The molecule has 0 unspecified atom stereocenters. The third kappa shape index (κ3) is 2.90. The van der Waals surface area contributed by atoms with Crippen molar-refractivity contribution in [2.24, 2.45) is 0 Å². The van der Waals surface area contributed by atoms with Gasteiger partial charge in [0.15, 0.2) is 0 Å². The first-order chi connectivity index (χ1) is 12.6. The van der Waals surface area contributed by atoms with Crippen LogP contribution in [0.15, 0.2) is 66.7 Å². The molecule has 0 aliphatic heterocycles. The fourth-order valence-electron chi connectivity index (χ4n) is 3.49. The van der Waals surface area contributed by atoms with E-state index in [1.807, 2.05) is 31.2 Å². The molecule has 26 heavy (non-hydrogen) atoms. The largest absolute Gasteiger partial charge is 0.506 e. The van der Waals surface area contributed by atoms with Gasteiger partial charge in [0.25, 0.3) is 0 Å². The number of aryl methyl sites for hydroxylation is 1. The number of hydrogen-bond donors (Lipinski definition) is 2. The van der Waals surface area contributed by atoms with Crippen LogP contribution in [0.4, 0.5) is 10.5 Å². The lowest BCUT2D eigenvalue weighted by atomic mass is 9.98. The first-order valence-corrected chi connectivity index (χ1v) is 8.55. The molecule has 3 aromatic carbocycles. The van der Waals surface area contributed by atoms with Crippen molar-refractivity contribution in [1.82, 2.24) is 0 Å². The Balaban J connectivity index is 1.51. The maximum Gasteiger partial charge on any atom is 0.411 e. The van der Waals surface area contributed by atoms with Crippen molar-refractivity contribution in [3.05, 3.63) is 83.4 Å². The fourth-order valence-corrected chi connectivity index (χ4v) is 3.49. The Labute approximate surface area is 152 Å². The lowest BCUT2D eigenvalue weighted by Crippen LogP contribution is -2.18. The Hall–Kier alpha value is -3.27. The number of ether oxygens (including phenoxy) is 1. The van der Waals surface area contributed by atoms with Crippen molar-refractivity contribution in [3.8, 4) is 16.9 Å². The average Bonchev–Trinajstić information content (AvgIpc) is 2.97. The van der Waals surface area contributed by atoms with E-state index in [-0.39, 0.29) is 18.3 Å². The van der Waals surface area contributed by atoms with E-state index < -0.39 is 6.09 Å². The minimum atomic E-state index is -0.576. The predicted molar refractivity (Wildman–Crippen MR) is 102 cm³/mol. The zero-order chi connectivity index (χ0) is 18.1. The van der Waals surface area contributed by atoms with E-state index in [0.717, 1.165) is 5.56 Å². The number of phenolic OH excluding ortho intramolecular Hbond substituents is 1. The number of hydrogen-bond acceptors (Lipinski definition) is 3. The molecule has 0 radical (unpaired) electrons. The van der Waals surface area contributed by atoms with Crippen LogP contribution in [0.5, 0.6) is 5.75 Å². The number of carbonyl (C=O) groups excluding carboxylic acids is 1. The van der Waals surface area contributed by atoms with Gasteiger partial charge in [-0.05, 0) is 46.9 Å². The topological polar surface area (TPSA) is 58.6 Å². The van der Waals surface area contributed by atoms with Crippen LogP contribution >= 0.6 is 0 Å². The highest BCUT2D eigenvalue weighted by Gasteiger charge is 2.29. The molecule has 0 bridgehead atoms. The van der Waals surface area contributed by atoms with Crippen molar-refractivity contribution in [2.45, 2.75) is 12.8 Å². The molecule has 2 N–H and O–H groups in total. The predicted octanol–water partition coefficient (Wildman–Crippen LogP) is 5.06. The molecular formula is C22H19NO3. The summed E-state index contributed by atoms with van der Waals surface area (Å²) in [6.07, 6.45) is -0.576. The van der Waals surface area contributed by atoms with E-state index in [1.54, 1.807) is 18.2 Å². The smallest absolute Gasteiger partial charge is 0.411 e. The van der Waals surface area contributed by atoms with Crippen molar-refractivity contribution < 1.29 is 14.6 Å². The lowest BCUT2D eigenvalue weighted by molar-refractivity contribution is 0.158. The maximum atomic E-state index is 12.2. The van der Waals surface area contributed by atoms with Crippen LogP contribution in [0.3, 0.4) is 0 Å². The third-order valence-electron chi connectivity index (χ3n) is 4.73. The highest BCUT2D eigenvalue weighted by molar-refractivity contribution is 5.87. The number of amides is 1. The van der Waals surface area contributed by atoms with E-state index in [0.29, 0.717) is 5.69 Å². The number of nitrogens with one attached hydrogen (secondary N) is 1. The van der Waals surface area contributed by atoms with Crippen LogP contribution in [0.25, 0.3) is 11.1 Å². The number of phenols is 1. The molecule has 4 heteroatoms. The molecule has 0 spiro atoms. The van der Waals surface area contributed by atoms with E-state index in [4.69, 9.17) is 4.74 Å². The SMILES string of the molecule is Cc1ccc(O)c(NC(=O)OCC2c3ccccc3-c3ccccc32)c1. The number of carbonyl (C=O) groups is 1. The maximum absolute atomic E-state index is 12.2. The van der Waals surface area contributed by atoms with Crippen LogP contribution in [-0.2, 0) is 4.74 Å². The Morgan fingerprint density at radius 2 is 1.62 bits per heavy atom. The molecule has 3 aromatic rings. The van der Waals surface area contributed by atoms with Gasteiger partial charge < -0.3 is 9.84 Å². The third-order valence-corrected chi connectivity index (χ3v) is 4.73. The summed E-state index contributed by atoms with van der Waals surface area (Å²) < 4.78 is 5.48. The first kappa shape index (κ1) is 16.2. The fraction of sp³-hybridized carbons (Fsp3) is 0.136. The van der Waals surface area contributed by atoms with Gasteiger partial charge in [-0.1, -0.05) is 54.6 Å². The van der Waals surface area contributed by atoms with Crippen LogP contribution < -0.4 is 5.32 Å². The monoisotopic (exact) mass is 345 g/mol. The van der Waals surface area contributed by atoms with E-state index >= 15 is 0 Å². The van der Waals surface area contributed by atoms with Gasteiger partial charge in [0.05, 0.1) is 5.69 Å². The van der Waals surface area contributed by atoms with Gasteiger partial charge in [-0.3, -0.25) is 5.32 Å². The van der Waals surface area contributed by atoms with Gasteiger partial charge in [0, 0.05) is 5.92 Å². The Morgan fingerprint density at radius 1 is 1.00 bits per heavy atom. The molecule has 0 saturated carbocycles. The number of aromatic hydroxyl groups is 1. The first-order valence-electron chi connectivity index (χ1n) is 8.55. The zero-order valence-electron chi connectivity index (χ0n) is 14.4. The van der Waals surface area contributed by atoms with Gasteiger partial charge in [0.1, 0.15) is 12.4 Å². The summed E-state index contributed by atoms with van der Waals surface area (Å²) in [7, 11) is 0. The molecule has 0 aromatic heterocycles. The average molecular weight is 345 g/mol. The summed E-state index contributed by atoms with van der Waals surface area (Å²) in [6, 6.07) is 21.4. The molecule has 0 atom stereocenters. The summed E-state index contributed by atoms with van der Waals surface area (Å²) in [5, 5.41) is 12.5. The van der Waals surface area contributed by atoms with E-state index in [9.17, 15) is 9.90 Å². The second kappa shape index (κ2) is 6.56. The second-order valence-corrected chi connectivity index (χ2v) is 6.47. The Bertz CT molecular complexity index is 935. The Morgan fingerprint density at radius 3 is 2.27 bits per heavy atom. The summed E-state index contributed by atoms with van der Waals surface area (Å²) in [6.45, 7) is 2.13. The summed E-state index contributed by atoms with van der Waals surface area (Å²) in [5.74, 6) is 0.0309. The molecule has 4 nitrogen and oxygen atoms in total. The number of anilines is 1. The van der Waals surface area contributed by atoms with Crippen LogP contribution in [0.1, 0.15) is 22.6 Å². The molecule has 4 rings (SSSR count). The number of fused-ring (bicyclic) bond motifs is 3. The molecular weight excluding hydrogens is 326 g/mol. The molecule has 1 aliphatic rings. The molecule has 0 heterocycles. The second-order valence-electron chi connectivity index (χ2n) is 6.47. The minimum absolute atomic E-state index is 0.0132. The van der Waals surface area contributed by atoms with Gasteiger partial charge in [0.2, 0.25) is 0 Å². The summed E-state index contributed by atoms with van der Waals surface area (Å²) in [5.41, 5.74) is 6.00. The highest BCUT2D eigenvalue weighted by Crippen LogP contribution is 2.44. The molecule has 1 aliphatic carbocycles. The van der Waals surface area contributed by atoms with Gasteiger partial charge in [-0.2, -0.15) is 0 Å². The quantitative estimate of drug-likeness (QED) is 0.652. The Kier molecular flexibility index (Phi) is 4.09. The standard InChI is InChI=1S/C22H19NO3/c1-14-10-11-21(24)20(12-14)23-22(25)26-13-19-17-8-4-2-6-15(17)16-7-3-5-9-18(16)19/h2-12,19,24H,13H2,1H3,(H,23,25). The zero-order valence-corrected chi connectivity index (χ0v) is 14.4. The number of rotatable bonds is 3. The van der Waals surface area contributed by atoms with Gasteiger partial charge in [-0.15, -0.1) is 0 Å². The van der Waals surface area contributed by atoms with Crippen LogP contribution in [0, 0.1) is 6.92 Å². The summed E-state index contributed by atoms with van der Waals surface area (Å²) >= 11 is 0. The van der Waals surface area contributed by atoms with Gasteiger partial charge in [-0.25, -0.2) is 4.79 Å². The molecule has 0 fully saturated rings. The summed E-state index contributed by atoms with van der Waals surface area (Å²) in [4.78, 5) is 12.2. The van der Waals surface area contributed by atoms with E-state index in [1.165, 1.54) is 22.3 Å². The number of benzene rings is 3. The van der Waals surface area contributed by atoms with Gasteiger partial charge >= 0.3 is 6.09 Å². The van der Waals surface area contributed by atoms with Crippen LogP contribution in [-0.4, -0.2) is 17.8 Å². The van der Waals surface area contributed by atoms with Crippen LogP contribution in [0.2, 0.25) is 0 Å². The molecule has 0 saturated heterocycles. The highest BCUT2D eigenvalue weighted by atomic mass is 16.5. The molecule has 130 valence electrons. The normalized spacial score (nSPS) is 12.3. The van der Waals surface area contributed by atoms with E-state index in [2.05, 4.69) is 29.6 Å². The van der Waals surface area contributed by atoms with Crippen molar-refractivity contribution in [2.75, 3.05) is 11.9 Å².